The van der Waals surface area contributed by atoms with Gasteiger partial charge in [0.05, 0.1) is 6.61 Å². The summed E-state index contributed by atoms with van der Waals surface area (Å²) in [5, 5.41) is 8.20. The van der Waals surface area contributed by atoms with E-state index in [9.17, 15) is 9.59 Å². The first-order chi connectivity index (χ1) is 7.01. The lowest BCUT2D eigenvalue weighted by Gasteiger charge is -1.99. The summed E-state index contributed by atoms with van der Waals surface area (Å²) in [5.41, 5.74) is -0.654. The number of hydrogen-bond acceptors (Lipinski definition) is 4. The molecule has 0 rings (SSSR count). The number of unbranched alkanes of at least 4 members (excludes halogenated alkanes) is 1. The Kier molecular flexibility index (Phi) is 11.5. The van der Waals surface area contributed by atoms with Gasteiger partial charge in [0.1, 0.15) is 5.57 Å². The van der Waals surface area contributed by atoms with E-state index in [0.29, 0.717) is 0 Å². The number of carboxylic acid groups (broad SMARTS) is 1. The fraction of sp³-hybridized carbons (Fsp3) is 0.600. The third-order valence-electron chi connectivity index (χ3n) is 1.26. The van der Waals surface area contributed by atoms with Gasteiger partial charge in [-0.15, -0.1) is 0 Å². The maximum absolute atomic E-state index is 10.5. The van der Waals surface area contributed by atoms with E-state index in [4.69, 9.17) is 5.11 Å². The first kappa shape index (κ1) is 16.1. The van der Waals surface area contributed by atoms with Gasteiger partial charge in [0.15, 0.2) is 0 Å². The van der Waals surface area contributed by atoms with E-state index < -0.39 is 17.5 Å². The zero-order valence-electron chi connectivity index (χ0n) is 9.41. The molecule has 0 heterocycles. The van der Waals surface area contributed by atoms with Crippen LogP contribution < -0.4 is 0 Å². The molecule has 0 aliphatic carbocycles. The van der Waals surface area contributed by atoms with Crippen molar-refractivity contribution in [3.8, 4) is 0 Å². The molecule has 0 amide bonds. The Bertz CT molecular complexity index is 208. The molecule has 0 radical (unpaired) electrons. The van der Waals surface area contributed by atoms with E-state index in [1.165, 1.54) is 12.8 Å². The smallest absolute Gasteiger partial charge is 0.379 e. The highest BCUT2D eigenvalue weighted by Gasteiger charge is 2.16. The van der Waals surface area contributed by atoms with Crippen molar-refractivity contribution in [2.24, 2.45) is 0 Å². The maximum atomic E-state index is 10.5. The van der Waals surface area contributed by atoms with Crippen molar-refractivity contribution in [1.29, 1.82) is 0 Å². The highest BCUT2D eigenvalue weighted by Crippen LogP contribution is 1.94. The lowest BCUT2D eigenvalue weighted by atomic mass is 10.3. The van der Waals surface area contributed by atoms with Gasteiger partial charge in [0.25, 0.3) is 0 Å². The van der Waals surface area contributed by atoms with E-state index in [0.717, 1.165) is 0 Å². The minimum atomic E-state index is -1.42. The summed E-state index contributed by atoms with van der Waals surface area (Å²) < 4.78 is 0. The van der Waals surface area contributed by atoms with Gasteiger partial charge < -0.3 is 5.11 Å². The molecule has 0 aromatic heterocycles. The predicted molar refractivity (Wildman–Crippen MR) is 55.1 cm³/mol. The molecule has 0 atom stereocenters. The van der Waals surface area contributed by atoms with Crippen molar-refractivity contribution in [3.05, 3.63) is 12.2 Å². The second-order valence-corrected chi connectivity index (χ2v) is 2.56. The number of hydrogen-bond donors (Lipinski definition) is 1. The van der Waals surface area contributed by atoms with Gasteiger partial charge in [-0.05, 0) is 6.92 Å². The molecule has 5 nitrogen and oxygen atoms in total. The number of aliphatic carboxylic acids is 1. The molecule has 0 fully saturated rings. The molecule has 0 saturated carbocycles. The summed E-state index contributed by atoms with van der Waals surface area (Å²) in [6, 6.07) is 0. The van der Waals surface area contributed by atoms with Crippen molar-refractivity contribution in [2.75, 3.05) is 6.61 Å². The third-order valence-corrected chi connectivity index (χ3v) is 1.26. The molecule has 5 heteroatoms. The van der Waals surface area contributed by atoms with Gasteiger partial charge in [0.2, 0.25) is 0 Å². The zero-order valence-corrected chi connectivity index (χ0v) is 9.41. The Morgan fingerprint density at radius 1 is 1.20 bits per heavy atom. The third kappa shape index (κ3) is 10.6. The average molecular weight is 218 g/mol. The van der Waals surface area contributed by atoms with Crippen LogP contribution in [0.1, 0.15) is 33.6 Å². The van der Waals surface area contributed by atoms with E-state index in [-0.39, 0.29) is 6.61 Å². The average Bonchev–Trinajstić information content (AvgIpc) is 2.24. The molecule has 0 aliphatic heterocycles. The molecule has 88 valence electrons. The second-order valence-electron chi connectivity index (χ2n) is 2.56. The molecular weight excluding hydrogens is 200 g/mol. The maximum Gasteiger partial charge on any atom is 0.379 e. The molecule has 0 bridgehead atoms. The number of carbonyl (C=O) groups excluding carboxylic acids is 1. The summed E-state index contributed by atoms with van der Waals surface area (Å²) in [5.74, 6) is -2.51. The number of carbonyl (C=O) groups is 2. The lowest BCUT2D eigenvalue weighted by Crippen LogP contribution is -2.14. The van der Waals surface area contributed by atoms with E-state index in [1.54, 1.807) is 6.92 Å². The quantitative estimate of drug-likeness (QED) is 0.251. The Balaban J connectivity index is 0. The summed E-state index contributed by atoms with van der Waals surface area (Å²) in [6.07, 6.45) is 2.64. The summed E-state index contributed by atoms with van der Waals surface area (Å²) in [4.78, 5) is 28.8. The topological polar surface area (TPSA) is 72.8 Å². The van der Waals surface area contributed by atoms with Crippen molar-refractivity contribution in [1.82, 2.24) is 0 Å². The van der Waals surface area contributed by atoms with Gasteiger partial charge in [0, 0.05) is 0 Å². The molecule has 15 heavy (non-hydrogen) atoms. The fourth-order valence-corrected chi connectivity index (χ4v) is 0.250. The highest BCUT2D eigenvalue weighted by atomic mass is 17.2. The van der Waals surface area contributed by atoms with Gasteiger partial charge in [-0.2, -0.15) is 4.89 Å². The standard InChI is InChI=1S/C6H8O5.C4H10/c1-3-10-11-6(9)4(2)5(7)8;1-3-4-2/h2-3H2,1H3,(H,7,8);3-4H2,1-2H3. The minimum absolute atomic E-state index is 0.165. The highest BCUT2D eigenvalue weighted by molar-refractivity contribution is 6.12. The van der Waals surface area contributed by atoms with Gasteiger partial charge in [-0.1, -0.05) is 33.3 Å². The van der Waals surface area contributed by atoms with Gasteiger partial charge in [-0.25, -0.2) is 9.59 Å². The molecule has 0 aromatic carbocycles. The van der Waals surface area contributed by atoms with Crippen LogP contribution >= 0.6 is 0 Å². The molecule has 0 unspecified atom stereocenters. The molecular formula is C10H18O5. The Morgan fingerprint density at radius 3 is 1.93 bits per heavy atom. The molecule has 0 aromatic rings. The van der Waals surface area contributed by atoms with Crippen LogP contribution in [0.25, 0.3) is 0 Å². The Hall–Kier alpha value is -1.36. The summed E-state index contributed by atoms with van der Waals surface area (Å²) in [7, 11) is 0. The van der Waals surface area contributed by atoms with Crippen LogP contribution in [-0.4, -0.2) is 23.7 Å². The fourth-order valence-electron chi connectivity index (χ4n) is 0.250. The minimum Gasteiger partial charge on any atom is -0.477 e. The summed E-state index contributed by atoms with van der Waals surface area (Å²) >= 11 is 0. The van der Waals surface area contributed by atoms with Crippen LogP contribution in [0.5, 0.6) is 0 Å². The van der Waals surface area contributed by atoms with E-state index >= 15 is 0 Å². The van der Waals surface area contributed by atoms with Crippen LogP contribution in [0.3, 0.4) is 0 Å². The normalized spacial score (nSPS) is 8.47. The summed E-state index contributed by atoms with van der Waals surface area (Å²) in [6.45, 7) is 9.07. The van der Waals surface area contributed by atoms with Gasteiger partial charge in [-0.3, -0.25) is 4.89 Å². The second kappa shape index (κ2) is 10.7. The number of rotatable bonds is 5. The zero-order chi connectivity index (χ0) is 12.3. The Labute approximate surface area is 89.6 Å². The first-order valence-corrected chi connectivity index (χ1v) is 4.77. The molecule has 1 N–H and O–H groups in total. The molecule has 0 saturated heterocycles. The van der Waals surface area contributed by atoms with E-state index in [1.807, 2.05) is 0 Å². The van der Waals surface area contributed by atoms with Crippen LogP contribution in [0.15, 0.2) is 12.2 Å². The first-order valence-electron chi connectivity index (χ1n) is 4.77. The van der Waals surface area contributed by atoms with Crippen LogP contribution in [0.2, 0.25) is 0 Å². The predicted octanol–water partition coefficient (Wildman–Crippen LogP) is 1.93. The lowest BCUT2D eigenvalue weighted by molar-refractivity contribution is -0.265. The van der Waals surface area contributed by atoms with Gasteiger partial charge >= 0.3 is 11.9 Å². The largest absolute Gasteiger partial charge is 0.477 e. The monoisotopic (exact) mass is 218 g/mol. The van der Waals surface area contributed by atoms with Crippen LogP contribution in [0, 0.1) is 0 Å². The van der Waals surface area contributed by atoms with Crippen molar-refractivity contribution >= 4 is 11.9 Å². The van der Waals surface area contributed by atoms with Crippen LogP contribution in [0.4, 0.5) is 0 Å². The SMILES string of the molecule is C=C(C(=O)O)C(=O)OOCC.CCCC. The number of carboxylic acids is 1. The van der Waals surface area contributed by atoms with Crippen molar-refractivity contribution in [2.45, 2.75) is 33.6 Å². The van der Waals surface area contributed by atoms with E-state index in [2.05, 4.69) is 30.2 Å². The Morgan fingerprint density at radius 2 is 1.67 bits per heavy atom. The molecule has 0 aliphatic rings. The van der Waals surface area contributed by atoms with Crippen molar-refractivity contribution < 1.29 is 24.5 Å². The molecule has 0 spiro atoms. The van der Waals surface area contributed by atoms with Crippen molar-refractivity contribution in [3.63, 3.8) is 0 Å². The van der Waals surface area contributed by atoms with Crippen LogP contribution in [-0.2, 0) is 19.4 Å².